The van der Waals surface area contributed by atoms with E-state index in [1.807, 2.05) is 6.07 Å². The number of halogens is 1. The predicted molar refractivity (Wildman–Crippen MR) is 206 cm³/mol. The Kier molecular flexibility index (Phi) is 7.91. The topological polar surface area (TPSA) is 0 Å². The molecule has 0 nitrogen and oxygen atoms in total. The van der Waals surface area contributed by atoms with Gasteiger partial charge in [-0.15, -0.1) is 0 Å². The Morgan fingerprint density at radius 1 is 0.340 bits per heavy atom. The lowest BCUT2D eigenvalue weighted by atomic mass is 9.79. The molecule has 0 aromatic heterocycles. The number of hydrogen-bond donors (Lipinski definition) is 0. The van der Waals surface area contributed by atoms with Gasteiger partial charge in [-0.25, -0.2) is 4.39 Å². The fraction of sp³-hybridized carbons (Fsp3) is 0.348. The molecular formula is C46H47F. The van der Waals surface area contributed by atoms with Crippen LogP contribution in [-0.4, -0.2) is 0 Å². The lowest BCUT2D eigenvalue weighted by Crippen LogP contribution is -1.99. The van der Waals surface area contributed by atoms with Crippen LogP contribution >= 0.6 is 0 Å². The van der Waals surface area contributed by atoms with Crippen molar-refractivity contribution in [1.29, 1.82) is 0 Å². The average molecular weight is 619 g/mol. The summed E-state index contributed by atoms with van der Waals surface area (Å²) in [6, 6.07) is 25.7. The standard InChI is InChI=1S/C46H47F/c1-5-9-13-28-17-19-32-34(21-28)36-23-30(15-11-7-3)25-38-39-26-31(16-12-8-4)24-37-35-22-29(14-10-6-2)18-20-33(35)44-41(47)27-40(32)45(42(36)38)46(44)43(37)39/h17-27H,5-16H2,1-4H3. The highest BCUT2D eigenvalue weighted by Gasteiger charge is 2.25. The van der Waals surface area contributed by atoms with Gasteiger partial charge in [0.15, 0.2) is 0 Å². The number of rotatable bonds is 12. The largest absolute Gasteiger partial charge is 0.206 e. The Bertz CT molecular complexity index is 2410. The third kappa shape index (κ3) is 4.83. The fourth-order valence-corrected chi connectivity index (χ4v) is 8.63. The van der Waals surface area contributed by atoms with E-state index >= 15 is 4.39 Å². The van der Waals surface area contributed by atoms with Crippen molar-refractivity contribution < 1.29 is 4.39 Å². The fourth-order valence-electron chi connectivity index (χ4n) is 8.63. The molecular weight excluding hydrogens is 572 g/mol. The summed E-state index contributed by atoms with van der Waals surface area (Å²) >= 11 is 0. The van der Waals surface area contributed by atoms with Crippen molar-refractivity contribution in [3.05, 3.63) is 94.8 Å². The zero-order chi connectivity index (χ0) is 32.2. The van der Waals surface area contributed by atoms with Gasteiger partial charge in [0, 0.05) is 10.8 Å². The van der Waals surface area contributed by atoms with Crippen LogP contribution in [0.4, 0.5) is 4.39 Å². The highest BCUT2D eigenvalue weighted by Crippen LogP contribution is 2.51. The molecule has 0 spiro atoms. The molecule has 0 unspecified atom stereocenters. The summed E-state index contributed by atoms with van der Waals surface area (Å²) < 4.78 is 16.9. The highest BCUT2D eigenvalue weighted by molar-refractivity contribution is 6.47. The van der Waals surface area contributed by atoms with Crippen LogP contribution in [0.25, 0.3) is 75.4 Å². The molecule has 0 amide bonds. The Labute approximate surface area is 278 Å². The van der Waals surface area contributed by atoms with Gasteiger partial charge in [0.2, 0.25) is 0 Å². The summed E-state index contributed by atoms with van der Waals surface area (Å²) in [6.07, 6.45) is 13.7. The lowest BCUT2D eigenvalue weighted by Gasteiger charge is -2.24. The molecule has 0 aliphatic carbocycles. The second kappa shape index (κ2) is 12.2. The Hall–Kier alpha value is -3.97. The van der Waals surface area contributed by atoms with Gasteiger partial charge in [-0.3, -0.25) is 0 Å². The minimum atomic E-state index is -0.0968. The van der Waals surface area contributed by atoms with Gasteiger partial charge in [0.25, 0.3) is 0 Å². The van der Waals surface area contributed by atoms with Gasteiger partial charge < -0.3 is 0 Å². The van der Waals surface area contributed by atoms with E-state index < -0.39 is 0 Å². The SMILES string of the molecule is CCCCc1ccc2c(c1)c1cc(CCCC)cc3c4cc(CCCC)cc5c6cc(CCCC)ccc6c6c(F)cc2c(c13)c6c54. The third-order valence-corrected chi connectivity index (χ3v) is 11.0. The van der Waals surface area contributed by atoms with E-state index in [0.717, 1.165) is 47.2 Å². The first kappa shape index (κ1) is 30.4. The Balaban J connectivity index is 1.62. The quantitative estimate of drug-likeness (QED) is 0.0944. The monoisotopic (exact) mass is 618 g/mol. The van der Waals surface area contributed by atoms with Gasteiger partial charge in [0.05, 0.1) is 0 Å². The maximum absolute atomic E-state index is 16.9. The first-order valence-corrected chi connectivity index (χ1v) is 18.5. The molecule has 1 heteroatoms. The molecule has 8 aromatic rings. The van der Waals surface area contributed by atoms with Gasteiger partial charge in [0.1, 0.15) is 5.82 Å². The van der Waals surface area contributed by atoms with Crippen molar-refractivity contribution in [2.75, 3.05) is 0 Å². The summed E-state index contributed by atoms with van der Waals surface area (Å²) in [5.41, 5.74) is 5.56. The summed E-state index contributed by atoms with van der Waals surface area (Å²) in [7, 11) is 0. The molecule has 0 saturated carbocycles. The van der Waals surface area contributed by atoms with E-state index in [4.69, 9.17) is 0 Å². The smallest absolute Gasteiger partial charge is 0.132 e. The highest BCUT2D eigenvalue weighted by atomic mass is 19.1. The van der Waals surface area contributed by atoms with Crippen molar-refractivity contribution in [2.24, 2.45) is 0 Å². The molecule has 47 heavy (non-hydrogen) atoms. The van der Waals surface area contributed by atoms with Crippen molar-refractivity contribution >= 4 is 75.4 Å². The first-order chi connectivity index (χ1) is 23.1. The molecule has 0 heterocycles. The van der Waals surface area contributed by atoms with E-state index in [9.17, 15) is 0 Å². The van der Waals surface area contributed by atoms with Gasteiger partial charge in [-0.1, -0.05) is 114 Å². The van der Waals surface area contributed by atoms with Crippen LogP contribution in [0.1, 0.15) is 101 Å². The summed E-state index contributed by atoms with van der Waals surface area (Å²) in [5.74, 6) is -0.0968. The maximum Gasteiger partial charge on any atom is 0.132 e. The van der Waals surface area contributed by atoms with E-state index in [1.54, 1.807) is 0 Å². The second-order valence-corrected chi connectivity index (χ2v) is 14.3. The van der Waals surface area contributed by atoms with Crippen LogP contribution in [0.5, 0.6) is 0 Å². The first-order valence-electron chi connectivity index (χ1n) is 18.5. The van der Waals surface area contributed by atoms with Gasteiger partial charge in [-0.05, 0) is 144 Å². The molecule has 0 saturated heterocycles. The number of benzene rings is 8. The molecule has 0 radical (unpaired) electrons. The minimum Gasteiger partial charge on any atom is -0.206 e. The van der Waals surface area contributed by atoms with Crippen molar-refractivity contribution in [3.8, 4) is 0 Å². The molecule has 8 rings (SSSR count). The van der Waals surface area contributed by atoms with Crippen molar-refractivity contribution in [3.63, 3.8) is 0 Å². The van der Waals surface area contributed by atoms with Crippen LogP contribution in [0.15, 0.2) is 66.7 Å². The van der Waals surface area contributed by atoms with E-state index in [0.29, 0.717) is 0 Å². The van der Waals surface area contributed by atoms with Gasteiger partial charge in [-0.2, -0.15) is 0 Å². The van der Waals surface area contributed by atoms with E-state index in [2.05, 4.69) is 88.4 Å². The number of fused-ring (bicyclic) bond motifs is 7. The second-order valence-electron chi connectivity index (χ2n) is 14.3. The zero-order valence-corrected chi connectivity index (χ0v) is 28.7. The summed E-state index contributed by atoms with van der Waals surface area (Å²) in [6.45, 7) is 9.09. The molecule has 0 atom stereocenters. The number of hydrogen-bond acceptors (Lipinski definition) is 0. The Morgan fingerprint density at radius 2 is 0.723 bits per heavy atom. The molecule has 0 aliphatic rings. The number of unbranched alkanes of at least 4 members (excludes halogenated alkanes) is 4. The normalized spacial score (nSPS) is 12.5. The summed E-state index contributed by atoms with van der Waals surface area (Å²) in [5, 5.41) is 16.8. The molecule has 8 aromatic carbocycles. The minimum absolute atomic E-state index is 0.0968. The van der Waals surface area contributed by atoms with Gasteiger partial charge >= 0.3 is 0 Å². The summed E-state index contributed by atoms with van der Waals surface area (Å²) in [4.78, 5) is 0. The molecule has 238 valence electrons. The predicted octanol–water partition coefficient (Wildman–Crippen LogP) is 14.1. The number of aryl methyl sites for hydroxylation is 4. The lowest BCUT2D eigenvalue weighted by molar-refractivity contribution is 0.642. The molecule has 0 N–H and O–H groups in total. The van der Waals surface area contributed by atoms with Crippen LogP contribution in [0.2, 0.25) is 0 Å². The zero-order valence-electron chi connectivity index (χ0n) is 28.7. The van der Waals surface area contributed by atoms with Crippen molar-refractivity contribution in [2.45, 2.75) is 105 Å². The third-order valence-electron chi connectivity index (χ3n) is 11.0. The molecule has 0 bridgehead atoms. The van der Waals surface area contributed by atoms with Crippen LogP contribution in [0, 0.1) is 5.82 Å². The van der Waals surface area contributed by atoms with Crippen molar-refractivity contribution in [1.82, 2.24) is 0 Å². The van der Waals surface area contributed by atoms with E-state index in [1.165, 1.54) is 127 Å². The van der Waals surface area contributed by atoms with E-state index in [-0.39, 0.29) is 5.82 Å². The maximum atomic E-state index is 16.9. The van der Waals surface area contributed by atoms with Crippen LogP contribution in [-0.2, 0) is 25.7 Å². The average Bonchev–Trinajstić information content (AvgIpc) is 3.10. The van der Waals surface area contributed by atoms with Crippen LogP contribution in [0.3, 0.4) is 0 Å². The van der Waals surface area contributed by atoms with Crippen LogP contribution < -0.4 is 0 Å². The Morgan fingerprint density at radius 3 is 1.23 bits per heavy atom. The molecule has 0 fully saturated rings. The molecule has 0 aliphatic heterocycles.